The lowest BCUT2D eigenvalue weighted by Gasteiger charge is -2.21. The van der Waals surface area contributed by atoms with E-state index in [4.69, 9.17) is 9.15 Å². The standard InChI is InChI=1S/C22H22N2O3/c1-14(26-16-9-7-8-15(12-16)22(2,3)4)20(25)17(13-23)21-24-18-10-5-6-11-19(18)27-21/h5-12,14,17H,1-4H3. The van der Waals surface area contributed by atoms with Gasteiger partial charge in [0, 0.05) is 0 Å². The van der Waals surface area contributed by atoms with Crippen molar-refractivity contribution in [1.82, 2.24) is 4.98 Å². The predicted molar refractivity (Wildman–Crippen MR) is 103 cm³/mol. The zero-order valence-electron chi connectivity index (χ0n) is 15.9. The van der Waals surface area contributed by atoms with E-state index in [1.165, 1.54) is 0 Å². The van der Waals surface area contributed by atoms with Crippen LogP contribution in [0.2, 0.25) is 0 Å². The van der Waals surface area contributed by atoms with Gasteiger partial charge in [0.05, 0.1) is 6.07 Å². The van der Waals surface area contributed by atoms with Crippen LogP contribution in [0.25, 0.3) is 11.1 Å². The molecule has 1 heterocycles. The second-order valence-electron chi connectivity index (χ2n) is 7.52. The molecule has 2 aromatic carbocycles. The van der Waals surface area contributed by atoms with Crippen molar-refractivity contribution in [2.45, 2.75) is 45.1 Å². The number of ether oxygens (including phenoxy) is 1. The number of hydrogen-bond donors (Lipinski definition) is 0. The van der Waals surface area contributed by atoms with Gasteiger partial charge < -0.3 is 9.15 Å². The normalized spacial score (nSPS) is 13.7. The van der Waals surface area contributed by atoms with Gasteiger partial charge in [0.2, 0.25) is 5.89 Å². The minimum Gasteiger partial charge on any atom is -0.483 e. The maximum absolute atomic E-state index is 12.8. The van der Waals surface area contributed by atoms with Crippen molar-refractivity contribution in [3.8, 4) is 11.8 Å². The van der Waals surface area contributed by atoms with Crippen LogP contribution in [0.15, 0.2) is 52.9 Å². The largest absolute Gasteiger partial charge is 0.483 e. The molecule has 1 aromatic heterocycles. The average Bonchev–Trinajstić information content (AvgIpc) is 3.05. The summed E-state index contributed by atoms with van der Waals surface area (Å²) in [6.07, 6.45) is -0.806. The Morgan fingerprint density at radius 2 is 1.93 bits per heavy atom. The number of para-hydroxylation sites is 2. The first kappa shape index (κ1) is 18.7. The second-order valence-corrected chi connectivity index (χ2v) is 7.52. The van der Waals surface area contributed by atoms with E-state index in [0.29, 0.717) is 16.8 Å². The van der Waals surface area contributed by atoms with Crippen LogP contribution in [0.4, 0.5) is 0 Å². The van der Waals surface area contributed by atoms with Crippen molar-refractivity contribution in [3.63, 3.8) is 0 Å². The van der Waals surface area contributed by atoms with Crippen molar-refractivity contribution in [1.29, 1.82) is 5.26 Å². The summed E-state index contributed by atoms with van der Waals surface area (Å²) in [6.45, 7) is 7.97. The number of nitrogens with zero attached hydrogens (tertiary/aromatic N) is 2. The van der Waals surface area contributed by atoms with E-state index in [1.807, 2.05) is 36.4 Å². The van der Waals surface area contributed by atoms with Gasteiger partial charge in [-0.3, -0.25) is 4.79 Å². The molecule has 5 heteroatoms. The third-order valence-electron chi connectivity index (χ3n) is 4.38. The van der Waals surface area contributed by atoms with Gasteiger partial charge in [-0.2, -0.15) is 5.26 Å². The number of ketones is 1. The zero-order valence-corrected chi connectivity index (χ0v) is 15.9. The first-order valence-corrected chi connectivity index (χ1v) is 8.85. The SMILES string of the molecule is CC(Oc1cccc(C(C)(C)C)c1)C(=O)C(C#N)c1nc2ccccc2o1. The van der Waals surface area contributed by atoms with Crippen molar-refractivity contribution in [2.24, 2.45) is 0 Å². The monoisotopic (exact) mass is 362 g/mol. The first-order valence-electron chi connectivity index (χ1n) is 8.85. The molecule has 3 aromatic rings. The summed E-state index contributed by atoms with van der Waals surface area (Å²) in [5.41, 5.74) is 2.24. The molecule has 0 spiro atoms. The second kappa shape index (κ2) is 7.24. The molecule has 138 valence electrons. The fourth-order valence-electron chi connectivity index (χ4n) is 2.79. The molecule has 0 aliphatic rings. The Morgan fingerprint density at radius 3 is 2.59 bits per heavy atom. The minimum atomic E-state index is -1.11. The quantitative estimate of drug-likeness (QED) is 0.653. The van der Waals surface area contributed by atoms with E-state index in [1.54, 1.807) is 25.1 Å². The smallest absolute Gasteiger partial charge is 0.220 e. The average molecular weight is 362 g/mol. The molecule has 2 unspecified atom stereocenters. The molecule has 0 aliphatic heterocycles. The summed E-state index contributed by atoms with van der Waals surface area (Å²) in [5.74, 6) is -0.802. The van der Waals surface area contributed by atoms with Crippen LogP contribution in [0.5, 0.6) is 5.75 Å². The fraction of sp³-hybridized carbons (Fsp3) is 0.318. The molecule has 0 fully saturated rings. The van der Waals surface area contributed by atoms with Gasteiger partial charge in [0.25, 0.3) is 0 Å². The summed E-state index contributed by atoms with van der Waals surface area (Å²) < 4.78 is 11.4. The molecule has 0 saturated carbocycles. The fourth-order valence-corrected chi connectivity index (χ4v) is 2.79. The molecule has 0 N–H and O–H groups in total. The van der Waals surface area contributed by atoms with E-state index < -0.39 is 12.0 Å². The highest BCUT2D eigenvalue weighted by Gasteiger charge is 2.31. The van der Waals surface area contributed by atoms with Gasteiger partial charge in [-0.25, -0.2) is 4.98 Å². The molecule has 0 amide bonds. The number of carbonyl (C=O) groups is 1. The number of carbonyl (C=O) groups excluding carboxylic acids is 1. The number of benzene rings is 2. The van der Waals surface area contributed by atoms with Crippen LogP contribution >= 0.6 is 0 Å². The highest BCUT2D eigenvalue weighted by atomic mass is 16.5. The number of aromatic nitrogens is 1. The molecule has 2 atom stereocenters. The van der Waals surface area contributed by atoms with Gasteiger partial charge in [-0.15, -0.1) is 0 Å². The lowest BCUT2D eigenvalue weighted by molar-refractivity contribution is -0.125. The Bertz CT molecular complexity index is 975. The van der Waals surface area contributed by atoms with Crippen LogP contribution in [0, 0.1) is 11.3 Å². The summed E-state index contributed by atoms with van der Waals surface area (Å²) >= 11 is 0. The maximum atomic E-state index is 12.8. The third-order valence-corrected chi connectivity index (χ3v) is 4.38. The number of rotatable bonds is 5. The number of hydrogen-bond acceptors (Lipinski definition) is 5. The van der Waals surface area contributed by atoms with Gasteiger partial charge >= 0.3 is 0 Å². The summed E-state index contributed by atoms with van der Waals surface area (Å²) in [7, 11) is 0. The molecule has 0 bridgehead atoms. The Balaban J connectivity index is 1.80. The van der Waals surface area contributed by atoms with Gasteiger partial charge in [0.1, 0.15) is 11.3 Å². The molecule has 0 radical (unpaired) electrons. The first-order chi connectivity index (χ1) is 12.8. The molecular weight excluding hydrogens is 340 g/mol. The minimum absolute atomic E-state index is 0.0278. The third kappa shape index (κ3) is 4.01. The highest BCUT2D eigenvalue weighted by molar-refractivity contribution is 5.91. The highest BCUT2D eigenvalue weighted by Crippen LogP contribution is 2.27. The lowest BCUT2D eigenvalue weighted by Crippen LogP contribution is -2.29. The molecule has 0 aliphatic carbocycles. The zero-order chi connectivity index (χ0) is 19.6. The molecule has 3 rings (SSSR count). The van der Waals surface area contributed by atoms with Crippen LogP contribution in [0.3, 0.4) is 0 Å². The number of Topliss-reactive ketones (excluding diaryl/α,β-unsaturated/α-hetero) is 1. The predicted octanol–water partition coefficient (Wildman–Crippen LogP) is 4.77. The number of oxazole rings is 1. The van der Waals surface area contributed by atoms with E-state index >= 15 is 0 Å². The topological polar surface area (TPSA) is 76.1 Å². The van der Waals surface area contributed by atoms with E-state index in [-0.39, 0.29) is 17.1 Å². The van der Waals surface area contributed by atoms with E-state index in [2.05, 4.69) is 25.8 Å². The number of nitriles is 1. The van der Waals surface area contributed by atoms with Crippen molar-refractivity contribution in [3.05, 3.63) is 60.0 Å². The lowest BCUT2D eigenvalue weighted by atomic mass is 9.87. The molecule has 27 heavy (non-hydrogen) atoms. The van der Waals surface area contributed by atoms with E-state index in [9.17, 15) is 10.1 Å². The van der Waals surface area contributed by atoms with Gasteiger partial charge in [-0.1, -0.05) is 45.0 Å². The summed E-state index contributed by atoms with van der Waals surface area (Å²) in [5, 5.41) is 9.51. The summed E-state index contributed by atoms with van der Waals surface area (Å²) in [6, 6.07) is 16.8. The van der Waals surface area contributed by atoms with Crippen molar-refractivity contribution >= 4 is 16.9 Å². The van der Waals surface area contributed by atoms with Crippen molar-refractivity contribution < 1.29 is 13.9 Å². The van der Waals surface area contributed by atoms with Gasteiger partial charge in [-0.05, 0) is 42.2 Å². The van der Waals surface area contributed by atoms with Crippen LogP contribution in [-0.2, 0) is 10.2 Å². The molecule has 0 saturated heterocycles. The van der Waals surface area contributed by atoms with Crippen molar-refractivity contribution in [2.75, 3.05) is 0 Å². The van der Waals surface area contributed by atoms with Crippen LogP contribution in [0.1, 0.15) is 45.1 Å². The molecule has 5 nitrogen and oxygen atoms in total. The van der Waals surface area contributed by atoms with E-state index in [0.717, 1.165) is 5.56 Å². The van der Waals surface area contributed by atoms with Crippen LogP contribution in [-0.4, -0.2) is 16.9 Å². The summed E-state index contributed by atoms with van der Waals surface area (Å²) in [4.78, 5) is 17.1. The van der Waals surface area contributed by atoms with Crippen LogP contribution < -0.4 is 4.74 Å². The number of fused-ring (bicyclic) bond motifs is 1. The molecular formula is C22H22N2O3. The maximum Gasteiger partial charge on any atom is 0.220 e. The Labute approximate surface area is 158 Å². The van der Waals surface area contributed by atoms with Gasteiger partial charge in [0.15, 0.2) is 23.4 Å². The Kier molecular flexibility index (Phi) is 5.00. The Morgan fingerprint density at radius 1 is 1.19 bits per heavy atom. The Hall–Kier alpha value is -3.13.